The van der Waals surface area contributed by atoms with E-state index in [4.69, 9.17) is 17.3 Å². The first-order valence-corrected chi connectivity index (χ1v) is 9.07. The third-order valence-electron chi connectivity index (χ3n) is 4.35. The molecule has 2 N–H and O–H groups in total. The van der Waals surface area contributed by atoms with E-state index in [0.717, 1.165) is 23.1 Å². The van der Waals surface area contributed by atoms with Gasteiger partial charge in [0, 0.05) is 18.4 Å². The molecule has 0 saturated heterocycles. The standard InChI is InChI=1S/C17H21ClN4S/c1-3-11(2)8-13(19)16(22-7-6-20-10-22)12-4-5-14-15(9-12)23-17(18)21-14/h4-7,9-11,13,16H,3,8,19H2,1-2H3. The monoisotopic (exact) mass is 348 g/mol. The van der Waals surface area contributed by atoms with Gasteiger partial charge in [-0.3, -0.25) is 0 Å². The molecule has 0 saturated carbocycles. The Morgan fingerprint density at radius 2 is 2.22 bits per heavy atom. The first-order valence-electron chi connectivity index (χ1n) is 7.87. The van der Waals surface area contributed by atoms with E-state index in [-0.39, 0.29) is 12.1 Å². The maximum Gasteiger partial charge on any atom is 0.184 e. The van der Waals surface area contributed by atoms with Crippen LogP contribution in [0.2, 0.25) is 4.47 Å². The first kappa shape index (κ1) is 16.4. The molecule has 6 heteroatoms. The van der Waals surface area contributed by atoms with Gasteiger partial charge in [-0.2, -0.15) is 0 Å². The highest BCUT2D eigenvalue weighted by molar-refractivity contribution is 7.22. The fourth-order valence-electron chi connectivity index (χ4n) is 2.93. The van der Waals surface area contributed by atoms with E-state index in [2.05, 4.69) is 40.5 Å². The van der Waals surface area contributed by atoms with Crippen LogP contribution in [0, 0.1) is 5.92 Å². The molecule has 3 rings (SSSR count). The molecule has 3 atom stereocenters. The predicted octanol–water partition coefficient (Wildman–Crippen LogP) is 4.50. The van der Waals surface area contributed by atoms with Gasteiger partial charge in [-0.1, -0.05) is 37.9 Å². The quantitative estimate of drug-likeness (QED) is 0.713. The lowest BCUT2D eigenvalue weighted by molar-refractivity contribution is 0.377. The maximum absolute atomic E-state index is 6.58. The lowest BCUT2D eigenvalue weighted by atomic mass is 9.91. The number of nitrogens with zero attached hydrogens (tertiary/aromatic N) is 3. The summed E-state index contributed by atoms with van der Waals surface area (Å²) in [6.45, 7) is 4.45. The number of fused-ring (bicyclic) bond motifs is 1. The number of thiazole rings is 1. The summed E-state index contributed by atoms with van der Waals surface area (Å²) in [7, 11) is 0. The van der Waals surface area contributed by atoms with Crippen LogP contribution in [0.3, 0.4) is 0 Å². The Balaban J connectivity index is 1.99. The summed E-state index contributed by atoms with van der Waals surface area (Å²) in [6.07, 6.45) is 7.72. The molecule has 0 aliphatic heterocycles. The van der Waals surface area contributed by atoms with Gasteiger partial charge < -0.3 is 10.3 Å². The molecule has 0 aliphatic carbocycles. The van der Waals surface area contributed by atoms with Crippen LogP contribution in [0.4, 0.5) is 0 Å². The Hall–Kier alpha value is -1.43. The largest absolute Gasteiger partial charge is 0.328 e. The van der Waals surface area contributed by atoms with Crippen molar-refractivity contribution >= 4 is 33.2 Å². The SMILES string of the molecule is CCC(C)CC(N)C(c1ccc2nc(Cl)sc2c1)n1ccnc1. The summed E-state index contributed by atoms with van der Waals surface area (Å²) >= 11 is 7.53. The second-order valence-corrected chi connectivity index (χ2v) is 7.67. The van der Waals surface area contributed by atoms with Crippen LogP contribution in [-0.4, -0.2) is 20.6 Å². The smallest absolute Gasteiger partial charge is 0.184 e. The van der Waals surface area contributed by atoms with Crippen molar-refractivity contribution in [2.45, 2.75) is 38.8 Å². The highest BCUT2D eigenvalue weighted by Crippen LogP contribution is 2.31. The van der Waals surface area contributed by atoms with Gasteiger partial charge in [0.2, 0.25) is 0 Å². The average molecular weight is 349 g/mol. The van der Waals surface area contributed by atoms with Crippen molar-refractivity contribution < 1.29 is 0 Å². The van der Waals surface area contributed by atoms with Crippen molar-refractivity contribution in [1.82, 2.24) is 14.5 Å². The molecule has 2 aromatic heterocycles. The Morgan fingerprint density at radius 3 is 2.91 bits per heavy atom. The molecular weight excluding hydrogens is 328 g/mol. The van der Waals surface area contributed by atoms with Crippen molar-refractivity contribution in [1.29, 1.82) is 0 Å². The van der Waals surface area contributed by atoms with Gasteiger partial charge in [0.25, 0.3) is 0 Å². The van der Waals surface area contributed by atoms with Crippen molar-refractivity contribution in [2.24, 2.45) is 11.7 Å². The zero-order valence-corrected chi connectivity index (χ0v) is 14.9. The van der Waals surface area contributed by atoms with Gasteiger partial charge in [-0.15, -0.1) is 11.3 Å². The lowest BCUT2D eigenvalue weighted by Crippen LogP contribution is -2.34. The molecule has 0 spiro atoms. The third kappa shape index (κ3) is 3.57. The van der Waals surface area contributed by atoms with Crippen LogP contribution in [0.5, 0.6) is 0 Å². The summed E-state index contributed by atoms with van der Waals surface area (Å²) in [5.41, 5.74) is 8.69. The van der Waals surface area contributed by atoms with Crippen molar-refractivity contribution in [2.75, 3.05) is 0 Å². The lowest BCUT2D eigenvalue weighted by Gasteiger charge is -2.27. The van der Waals surface area contributed by atoms with Gasteiger partial charge in [0.1, 0.15) is 0 Å². The molecule has 23 heavy (non-hydrogen) atoms. The zero-order chi connectivity index (χ0) is 16.4. The zero-order valence-electron chi connectivity index (χ0n) is 13.3. The van der Waals surface area contributed by atoms with Crippen LogP contribution in [0.15, 0.2) is 36.9 Å². The second kappa shape index (κ2) is 6.99. The first-order chi connectivity index (χ1) is 11.1. The second-order valence-electron chi connectivity index (χ2n) is 6.06. The molecule has 122 valence electrons. The molecule has 1 aromatic carbocycles. The minimum absolute atomic E-state index is 0.0278. The molecule has 4 nitrogen and oxygen atoms in total. The highest BCUT2D eigenvalue weighted by atomic mass is 35.5. The van der Waals surface area contributed by atoms with Crippen LogP contribution in [-0.2, 0) is 0 Å². The average Bonchev–Trinajstić information content (AvgIpc) is 3.15. The van der Waals surface area contributed by atoms with Crippen LogP contribution in [0.25, 0.3) is 10.2 Å². The van der Waals surface area contributed by atoms with E-state index in [1.165, 1.54) is 16.9 Å². The highest BCUT2D eigenvalue weighted by Gasteiger charge is 2.23. The number of rotatable bonds is 6. The Kier molecular flexibility index (Phi) is 4.99. The Morgan fingerprint density at radius 1 is 1.39 bits per heavy atom. The number of benzene rings is 1. The molecule has 0 fully saturated rings. The van der Waals surface area contributed by atoms with Gasteiger partial charge in [-0.25, -0.2) is 9.97 Å². The van der Waals surface area contributed by atoms with E-state index in [0.29, 0.717) is 10.4 Å². The van der Waals surface area contributed by atoms with Crippen molar-refractivity contribution in [3.8, 4) is 0 Å². The number of imidazole rings is 1. The normalized spacial score (nSPS) is 15.7. The molecule has 0 bridgehead atoms. The molecule has 3 aromatic rings. The fraction of sp³-hybridized carbons (Fsp3) is 0.412. The topological polar surface area (TPSA) is 56.7 Å². The fourth-order valence-corrected chi connectivity index (χ4v) is 4.01. The number of halogens is 1. The number of aromatic nitrogens is 3. The van der Waals surface area contributed by atoms with Crippen molar-refractivity contribution in [3.05, 3.63) is 47.0 Å². The number of hydrogen-bond donors (Lipinski definition) is 1. The maximum atomic E-state index is 6.58. The molecule has 0 aliphatic rings. The summed E-state index contributed by atoms with van der Waals surface area (Å²) in [5.74, 6) is 0.595. The minimum Gasteiger partial charge on any atom is -0.328 e. The molecule has 0 amide bonds. The summed E-state index contributed by atoms with van der Waals surface area (Å²) in [6, 6.07) is 6.36. The number of hydrogen-bond acceptors (Lipinski definition) is 4. The van der Waals surface area contributed by atoms with Crippen molar-refractivity contribution in [3.63, 3.8) is 0 Å². The summed E-state index contributed by atoms with van der Waals surface area (Å²) < 4.78 is 3.75. The van der Waals surface area contributed by atoms with Gasteiger partial charge in [0.05, 0.1) is 22.6 Å². The number of nitrogens with two attached hydrogens (primary N) is 1. The Bertz CT molecular complexity index is 768. The van der Waals surface area contributed by atoms with E-state index in [9.17, 15) is 0 Å². The molecule has 3 unspecified atom stereocenters. The molecule has 2 heterocycles. The van der Waals surface area contributed by atoms with Gasteiger partial charge in [0.15, 0.2) is 4.47 Å². The summed E-state index contributed by atoms with van der Waals surface area (Å²) in [5, 5.41) is 0. The van der Waals surface area contributed by atoms with Crippen LogP contribution < -0.4 is 5.73 Å². The Labute approximate surface area is 145 Å². The van der Waals surface area contributed by atoms with E-state index >= 15 is 0 Å². The predicted molar refractivity (Wildman–Crippen MR) is 97.0 cm³/mol. The van der Waals surface area contributed by atoms with E-state index in [1.807, 2.05) is 18.6 Å². The van der Waals surface area contributed by atoms with Gasteiger partial charge >= 0.3 is 0 Å². The van der Waals surface area contributed by atoms with Crippen LogP contribution in [0.1, 0.15) is 38.3 Å². The van der Waals surface area contributed by atoms with Gasteiger partial charge in [-0.05, 0) is 30.0 Å². The van der Waals surface area contributed by atoms with E-state index < -0.39 is 0 Å². The molecular formula is C17H21ClN4S. The minimum atomic E-state index is 0.0278. The summed E-state index contributed by atoms with van der Waals surface area (Å²) in [4.78, 5) is 8.51. The van der Waals surface area contributed by atoms with Crippen LogP contribution >= 0.6 is 22.9 Å². The molecule has 0 radical (unpaired) electrons. The third-order valence-corrected chi connectivity index (χ3v) is 5.47. The van der Waals surface area contributed by atoms with E-state index in [1.54, 1.807) is 6.20 Å².